The Bertz CT molecular complexity index is 986. The third-order valence-electron chi connectivity index (χ3n) is 3.63. The topological polar surface area (TPSA) is 98.7 Å². The van der Waals surface area contributed by atoms with E-state index in [0.717, 1.165) is 5.56 Å². The van der Waals surface area contributed by atoms with Gasteiger partial charge >= 0.3 is 5.69 Å². The van der Waals surface area contributed by atoms with Crippen LogP contribution >= 0.6 is 11.6 Å². The zero-order valence-corrected chi connectivity index (χ0v) is 13.3. The smallest absolute Gasteiger partial charge is 0.333 e. The monoisotopic (exact) mass is 333 g/mol. The summed E-state index contributed by atoms with van der Waals surface area (Å²) in [4.78, 5) is 25.2. The van der Waals surface area contributed by atoms with Crippen LogP contribution in [0.1, 0.15) is 18.9 Å². The molecule has 0 unspecified atom stereocenters. The van der Waals surface area contributed by atoms with Crippen molar-refractivity contribution in [3.05, 3.63) is 55.7 Å². The predicted molar refractivity (Wildman–Crippen MR) is 89.9 cm³/mol. The SMILES string of the molecule is CCCn1c(=O)c2c(N)[nH]nc2n(Cc2cccc(Cl)c2)c1=O. The number of hydrogen-bond acceptors (Lipinski definition) is 4. The molecule has 3 aromatic rings. The molecule has 0 spiro atoms. The van der Waals surface area contributed by atoms with E-state index in [2.05, 4.69) is 10.2 Å². The van der Waals surface area contributed by atoms with Gasteiger partial charge in [0, 0.05) is 11.6 Å². The second kappa shape index (κ2) is 5.92. The first kappa shape index (κ1) is 15.4. The van der Waals surface area contributed by atoms with Gasteiger partial charge in [0.2, 0.25) is 0 Å². The van der Waals surface area contributed by atoms with Gasteiger partial charge in [-0.2, -0.15) is 5.10 Å². The Morgan fingerprint density at radius 2 is 2.09 bits per heavy atom. The highest BCUT2D eigenvalue weighted by Gasteiger charge is 2.17. The average Bonchev–Trinajstić information content (AvgIpc) is 2.90. The Kier molecular flexibility index (Phi) is 3.96. The van der Waals surface area contributed by atoms with Gasteiger partial charge in [-0.15, -0.1) is 0 Å². The number of rotatable bonds is 4. The number of hydrogen-bond donors (Lipinski definition) is 2. The van der Waals surface area contributed by atoms with E-state index in [4.69, 9.17) is 17.3 Å². The number of nitrogens with two attached hydrogens (primary N) is 1. The van der Waals surface area contributed by atoms with Crippen molar-refractivity contribution in [1.29, 1.82) is 0 Å². The van der Waals surface area contributed by atoms with E-state index in [1.807, 2.05) is 13.0 Å². The van der Waals surface area contributed by atoms with Gasteiger partial charge in [-0.25, -0.2) is 4.79 Å². The van der Waals surface area contributed by atoms with Gasteiger partial charge in [-0.05, 0) is 24.1 Å². The van der Waals surface area contributed by atoms with Gasteiger partial charge in [0.25, 0.3) is 5.56 Å². The molecular weight excluding hydrogens is 318 g/mol. The molecule has 1 aromatic carbocycles. The molecule has 23 heavy (non-hydrogen) atoms. The molecule has 2 heterocycles. The number of halogens is 1. The number of nitrogens with one attached hydrogen (secondary N) is 1. The summed E-state index contributed by atoms with van der Waals surface area (Å²) in [7, 11) is 0. The van der Waals surface area contributed by atoms with Gasteiger partial charge < -0.3 is 5.73 Å². The lowest BCUT2D eigenvalue weighted by atomic mass is 10.2. The number of aromatic nitrogens is 4. The van der Waals surface area contributed by atoms with Crippen molar-refractivity contribution in [2.45, 2.75) is 26.4 Å². The highest BCUT2D eigenvalue weighted by Crippen LogP contribution is 2.15. The molecule has 0 aliphatic carbocycles. The van der Waals surface area contributed by atoms with Gasteiger partial charge in [0.1, 0.15) is 11.2 Å². The highest BCUT2D eigenvalue weighted by molar-refractivity contribution is 6.30. The lowest BCUT2D eigenvalue weighted by Crippen LogP contribution is -2.40. The van der Waals surface area contributed by atoms with Crippen LogP contribution in [0.3, 0.4) is 0 Å². The van der Waals surface area contributed by atoms with Crippen molar-refractivity contribution in [2.75, 3.05) is 5.73 Å². The number of anilines is 1. The molecule has 120 valence electrons. The summed E-state index contributed by atoms with van der Waals surface area (Å²) < 4.78 is 2.63. The second-order valence-corrected chi connectivity index (χ2v) is 5.73. The Morgan fingerprint density at radius 3 is 2.78 bits per heavy atom. The third-order valence-corrected chi connectivity index (χ3v) is 3.86. The van der Waals surface area contributed by atoms with E-state index in [0.29, 0.717) is 18.0 Å². The van der Waals surface area contributed by atoms with Crippen LogP contribution in [0.2, 0.25) is 5.02 Å². The zero-order valence-electron chi connectivity index (χ0n) is 12.5. The maximum atomic E-state index is 12.7. The number of nitrogen functional groups attached to an aromatic ring is 1. The molecule has 0 amide bonds. The van der Waals surface area contributed by atoms with E-state index in [1.54, 1.807) is 18.2 Å². The third kappa shape index (κ3) is 2.63. The standard InChI is InChI=1S/C15H16ClN5O2/c1-2-6-20-14(22)11-12(17)18-19-13(11)21(15(20)23)8-9-4-3-5-10(16)7-9/h3-5,7H,2,6,8H2,1H3,(H3,17,18,19). The molecule has 0 aliphatic rings. The van der Waals surface area contributed by atoms with Crippen LogP contribution < -0.4 is 17.0 Å². The molecule has 3 rings (SSSR count). The predicted octanol–water partition coefficient (Wildman–Crippen LogP) is 1.58. The molecule has 8 heteroatoms. The largest absolute Gasteiger partial charge is 0.383 e. The van der Waals surface area contributed by atoms with Crippen molar-refractivity contribution in [2.24, 2.45) is 0 Å². The number of benzene rings is 1. The van der Waals surface area contributed by atoms with Crippen molar-refractivity contribution >= 4 is 28.5 Å². The van der Waals surface area contributed by atoms with Crippen molar-refractivity contribution < 1.29 is 0 Å². The van der Waals surface area contributed by atoms with Crippen LogP contribution in [0.25, 0.3) is 11.0 Å². The molecule has 7 nitrogen and oxygen atoms in total. The molecule has 0 bridgehead atoms. The molecule has 0 aliphatic heterocycles. The van der Waals surface area contributed by atoms with Crippen molar-refractivity contribution in [3.63, 3.8) is 0 Å². The molecule has 0 fully saturated rings. The van der Waals surface area contributed by atoms with Crippen LogP contribution in [-0.2, 0) is 13.1 Å². The summed E-state index contributed by atoms with van der Waals surface area (Å²) >= 11 is 6.00. The molecule has 0 saturated carbocycles. The quantitative estimate of drug-likeness (QED) is 0.757. The lowest BCUT2D eigenvalue weighted by Gasteiger charge is -2.11. The summed E-state index contributed by atoms with van der Waals surface area (Å²) in [5.74, 6) is 0.162. The fraction of sp³-hybridized carbons (Fsp3) is 0.267. The van der Waals surface area contributed by atoms with E-state index in [9.17, 15) is 9.59 Å². The molecule has 3 N–H and O–H groups in total. The number of H-pyrrole nitrogens is 1. The molecule has 2 aromatic heterocycles. The van der Waals surface area contributed by atoms with Crippen molar-refractivity contribution in [3.8, 4) is 0 Å². The minimum Gasteiger partial charge on any atom is -0.383 e. The van der Waals surface area contributed by atoms with Gasteiger partial charge in [0.15, 0.2) is 5.65 Å². The lowest BCUT2D eigenvalue weighted by molar-refractivity contribution is 0.579. The van der Waals surface area contributed by atoms with E-state index in [1.165, 1.54) is 9.13 Å². The first-order chi connectivity index (χ1) is 11.0. The minimum absolute atomic E-state index is 0.162. The first-order valence-electron chi connectivity index (χ1n) is 7.24. The van der Waals surface area contributed by atoms with E-state index >= 15 is 0 Å². The summed E-state index contributed by atoms with van der Waals surface area (Å²) in [6, 6.07) is 7.19. The highest BCUT2D eigenvalue weighted by atomic mass is 35.5. The maximum Gasteiger partial charge on any atom is 0.333 e. The van der Waals surface area contributed by atoms with Crippen LogP contribution in [-0.4, -0.2) is 19.3 Å². The minimum atomic E-state index is -0.416. The summed E-state index contributed by atoms with van der Waals surface area (Å²) in [6.07, 6.45) is 0.662. The van der Waals surface area contributed by atoms with E-state index in [-0.39, 0.29) is 23.4 Å². The number of aromatic amines is 1. The van der Waals surface area contributed by atoms with Crippen LogP contribution in [0.5, 0.6) is 0 Å². The van der Waals surface area contributed by atoms with Gasteiger partial charge in [-0.1, -0.05) is 30.7 Å². The first-order valence-corrected chi connectivity index (χ1v) is 7.62. The van der Waals surface area contributed by atoms with Gasteiger partial charge in [-0.3, -0.25) is 19.0 Å². The Hall–Kier alpha value is -2.54. The van der Waals surface area contributed by atoms with Crippen LogP contribution in [0.4, 0.5) is 5.82 Å². The molecule has 0 atom stereocenters. The fourth-order valence-electron chi connectivity index (χ4n) is 2.59. The Morgan fingerprint density at radius 1 is 1.30 bits per heavy atom. The van der Waals surface area contributed by atoms with Gasteiger partial charge in [0.05, 0.1) is 6.54 Å². The molecule has 0 saturated heterocycles. The van der Waals surface area contributed by atoms with Crippen molar-refractivity contribution in [1.82, 2.24) is 19.3 Å². The molecule has 0 radical (unpaired) electrons. The average molecular weight is 334 g/mol. The second-order valence-electron chi connectivity index (χ2n) is 5.29. The fourth-order valence-corrected chi connectivity index (χ4v) is 2.80. The molecular formula is C15H16ClN5O2. The van der Waals surface area contributed by atoms with E-state index < -0.39 is 11.2 Å². The number of fused-ring (bicyclic) bond motifs is 1. The van der Waals surface area contributed by atoms with Crippen LogP contribution in [0, 0.1) is 0 Å². The summed E-state index contributed by atoms with van der Waals surface area (Å²) in [5.41, 5.74) is 6.08. The maximum absolute atomic E-state index is 12.7. The normalized spacial score (nSPS) is 11.2. The summed E-state index contributed by atoms with van der Waals surface area (Å²) in [5, 5.41) is 7.42. The Labute approximate surface area is 136 Å². The summed E-state index contributed by atoms with van der Waals surface area (Å²) in [6.45, 7) is 2.48. The Balaban J connectivity index is 2.27. The van der Waals surface area contributed by atoms with Crippen LogP contribution in [0.15, 0.2) is 33.9 Å². The zero-order chi connectivity index (χ0) is 16.6. The number of nitrogens with zero attached hydrogens (tertiary/aromatic N) is 3.